The first-order chi connectivity index (χ1) is 26.2. The number of carbonyl (C=O) groups is 4. The number of para-hydroxylation sites is 1. The normalized spacial score (nSPS) is 17.7. The number of rotatable bonds is 16. The molecular formula is C42H49F4N5O4. The molecule has 2 aromatic heterocycles. The number of amides is 3. The first kappa shape index (κ1) is 41.1. The van der Waals surface area contributed by atoms with E-state index in [0.29, 0.717) is 35.2 Å². The van der Waals surface area contributed by atoms with Gasteiger partial charge in [-0.15, -0.1) is 0 Å². The summed E-state index contributed by atoms with van der Waals surface area (Å²) in [5, 5.41) is 9.00. The van der Waals surface area contributed by atoms with Crippen molar-refractivity contribution >= 4 is 40.1 Å². The summed E-state index contributed by atoms with van der Waals surface area (Å²) in [5.41, 5.74) is -0.564. The lowest BCUT2D eigenvalue weighted by atomic mass is 9.72. The molecule has 2 heterocycles. The number of halogens is 4. The number of pyridine rings is 1. The van der Waals surface area contributed by atoms with Crippen LogP contribution in [0, 0.1) is 29.5 Å². The second kappa shape index (κ2) is 17.6. The van der Waals surface area contributed by atoms with Crippen LogP contribution in [0.1, 0.15) is 82.2 Å². The zero-order chi connectivity index (χ0) is 39.9. The third kappa shape index (κ3) is 9.79. The number of aromatic nitrogens is 2. The van der Waals surface area contributed by atoms with Gasteiger partial charge < -0.3 is 20.9 Å². The fourth-order valence-electron chi connectivity index (χ4n) is 7.53. The first-order valence-corrected chi connectivity index (χ1v) is 18.9. The number of hydrogen-bond acceptors (Lipinski definition) is 5. The quantitative estimate of drug-likeness (QED) is 0.0852. The topological polar surface area (TPSA) is 133 Å². The molecule has 294 valence electrons. The van der Waals surface area contributed by atoms with Crippen LogP contribution < -0.4 is 16.0 Å². The molecule has 0 fully saturated rings. The molecule has 2 aromatic carbocycles. The van der Waals surface area contributed by atoms with Gasteiger partial charge in [-0.05, 0) is 66.0 Å². The Morgan fingerprint density at radius 2 is 1.64 bits per heavy atom. The first-order valence-electron chi connectivity index (χ1n) is 18.9. The number of nitrogens with zero attached hydrogens (tertiary/aromatic N) is 1. The fraction of sp³-hybridized carbons (Fsp3) is 0.452. The molecule has 1 aliphatic carbocycles. The monoisotopic (exact) mass is 763 g/mol. The van der Waals surface area contributed by atoms with E-state index in [1.54, 1.807) is 36.7 Å². The van der Waals surface area contributed by atoms with Crippen LogP contribution in [0.15, 0.2) is 67.0 Å². The van der Waals surface area contributed by atoms with Crippen molar-refractivity contribution in [3.63, 3.8) is 0 Å². The molecule has 0 spiro atoms. The van der Waals surface area contributed by atoms with Gasteiger partial charge in [0.05, 0.1) is 11.1 Å². The molecule has 0 saturated carbocycles. The van der Waals surface area contributed by atoms with E-state index in [1.165, 1.54) is 24.3 Å². The Morgan fingerprint density at radius 1 is 0.927 bits per heavy atom. The van der Waals surface area contributed by atoms with E-state index in [-0.39, 0.29) is 85.5 Å². The molecule has 0 saturated heterocycles. The van der Waals surface area contributed by atoms with Gasteiger partial charge in [-0.25, -0.2) is 9.18 Å². The maximum Gasteiger partial charge on any atom is 0.418 e. The van der Waals surface area contributed by atoms with E-state index in [0.717, 1.165) is 6.07 Å². The number of nitrogens with one attached hydrogen (secondary N) is 4. The smallest absolute Gasteiger partial charge is 0.358 e. The molecule has 2 unspecified atom stereocenters. The van der Waals surface area contributed by atoms with Crippen LogP contribution in [0.2, 0.25) is 0 Å². The molecule has 5 atom stereocenters. The maximum atomic E-state index is 14.8. The van der Waals surface area contributed by atoms with Crippen LogP contribution in [0.3, 0.4) is 0 Å². The van der Waals surface area contributed by atoms with Gasteiger partial charge in [-0.1, -0.05) is 70.9 Å². The largest absolute Gasteiger partial charge is 0.418 e. The van der Waals surface area contributed by atoms with Crippen LogP contribution in [0.4, 0.5) is 28.0 Å². The third-order valence-corrected chi connectivity index (χ3v) is 11.3. The van der Waals surface area contributed by atoms with Crippen LogP contribution in [0.25, 0.3) is 10.9 Å². The zero-order valence-electron chi connectivity index (χ0n) is 31.6. The number of hydrogen-bond donors (Lipinski definition) is 4. The molecule has 0 bridgehead atoms. The summed E-state index contributed by atoms with van der Waals surface area (Å²) in [6, 6.07) is 12.7. The summed E-state index contributed by atoms with van der Waals surface area (Å²) in [4.78, 5) is 62.3. The number of ketones is 2. The molecule has 1 aliphatic rings. The lowest BCUT2D eigenvalue weighted by molar-refractivity contribution is -0.137. The average molecular weight is 764 g/mol. The summed E-state index contributed by atoms with van der Waals surface area (Å²) >= 11 is 0. The highest BCUT2D eigenvalue weighted by Crippen LogP contribution is 2.41. The van der Waals surface area contributed by atoms with Crippen molar-refractivity contribution in [3.05, 3.63) is 95.2 Å². The number of alkyl halides is 3. The number of H-pyrrole nitrogens is 1. The summed E-state index contributed by atoms with van der Waals surface area (Å²) in [6.45, 7) is 7.83. The van der Waals surface area contributed by atoms with Crippen molar-refractivity contribution in [2.75, 3.05) is 11.9 Å². The molecular weight excluding hydrogens is 714 g/mol. The number of urea groups is 1. The SMILES string of the molecule is CCC(C)[C@@H](CNC(=O)Nc1ccncc1)CC(=O)[C@@]1(NC(=O)[C@@H](CC(=O)Cc2ccccc2F)C(C)CC)CCc2[nH]c3c(C(F)(F)F)cccc3c2C1. The van der Waals surface area contributed by atoms with Gasteiger partial charge in [0.25, 0.3) is 0 Å². The van der Waals surface area contributed by atoms with Gasteiger partial charge in [0.2, 0.25) is 5.91 Å². The number of fused-ring (bicyclic) bond motifs is 3. The number of anilines is 1. The van der Waals surface area contributed by atoms with Gasteiger partial charge in [0.15, 0.2) is 5.78 Å². The highest BCUT2D eigenvalue weighted by molar-refractivity contribution is 5.97. The second-order valence-electron chi connectivity index (χ2n) is 14.9. The van der Waals surface area contributed by atoms with Gasteiger partial charge in [0, 0.05) is 67.3 Å². The van der Waals surface area contributed by atoms with Crippen molar-refractivity contribution in [2.45, 2.75) is 90.8 Å². The van der Waals surface area contributed by atoms with Gasteiger partial charge >= 0.3 is 12.2 Å². The molecule has 13 heteroatoms. The minimum absolute atomic E-state index is 0.0247. The second-order valence-corrected chi connectivity index (χ2v) is 14.9. The van der Waals surface area contributed by atoms with E-state index >= 15 is 0 Å². The van der Waals surface area contributed by atoms with Gasteiger partial charge in [-0.2, -0.15) is 13.2 Å². The van der Waals surface area contributed by atoms with E-state index in [1.807, 2.05) is 27.7 Å². The summed E-state index contributed by atoms with van der Waals surface area (Å²) in [7, 11) is 0. The van der Waals surface area contributed by atoms with Crippen molar-refractivity contribution in [1.29, 1.82) is 0 Å². The molecule has 3 amide bonds. The van der Waals surface area contributed by atoms with Crippen LogP contribution in [-0.2, 0) is 39.8 Å². The summed E-state index contributed by atoms with van der Waals surface area (Å²) in [5.74, 6) is -3.18. The standard InChI is InChI=1S/C42H49F4N5O4/c1-5-25(3)28(24-48-40(55)49-29-15-18-47-19-16-29)21-37(53)41(17-14-36-33(23-41)31-11-9-12-34(38(31)50-36)42(44,45)46)51-39(54)32(26(4)6-2)22-30(52)20-27-10-7-8-13-35(27)43/h7-13,15-16,18-19,25-26,28,32,50H,5-6,14,17,20-24H2,1-4H3,(H,51,54)(H2,47,48,49,55)/t25?,26?,28-,32+,41-/m1/s1. The lowest BCUT2D eigenvalue weighted by Gasteiger charge is -2.40. The summed E-state index contributed by atoms with van der Waals surface area (Å²) in [6.07, 6.45) is -0.470. The van der Waals surface area contributed by atoms with E-state index in [4.69, 9.17) is 0 Å². The Labute approximate surface area is 318 Å². The van der Waals surface area contributed by atoms with Crippen molar-refractivity contribution in [3.8, 4) is 0 Å². The fourth-order valence-corrected chi connectivity index (χ4v) is 7.53. The summed E-state index contributed by atoms with van der Waals surface area (Å²) < 4.78 is 56.7. The highest BCUT2D eigenvalue weighted by Gasteiger charge is 2.46. The molecule has 9 nitrogen and oxygen atoms in total. The number of Topliss-reactive ketones (excluding diaryl/α,β-unsaturated/α-hetero) is 2. The third-order valence-electron chi connectivity index (χ3n) is 11.3. The Balaban J connectivity index is 1.46. The van der Waals surface area contributed by atoms with Crippen LogP contribution in [-0.4, -0.2) is 45.6 Å². The minimum Gasteiger partial charge on any atom is -0.358 e. The predicted molar refractivity (Wildman–Crippen MR) is 203 cm³/mol. The van der Waals surface area contributed by atoms with Crippen LogP contribution >= 0.6 is 0 Å². The Bertz CT molecular complexity index is 2000. The number of aryl methyl sites for hydroxylation is 1. The van der Waals surface area contributed by atoms with Crippen LogP contribution in [0.5, 0.6) is 0 Å². The molecule has 0 radical (unpaired) electrons. The van der Waals surface area contributed by atoms with Gasteiger partial charge in [0.1, 0.15) is 17.1 Å². The predicted octanol–water partition coefficient (Wildman–Crippen LogP) is 8.37. The molecule has 4 N–H and O–H groups in total. The van der Waals surface area contributed by atoms with Gasteiger partial charge in [-0.3, -0.25) is 19.4 Å². The number of carbonyl (C=O) groups excluding carboxylic acids is 4. The zero-order valence-corrected chi connectivity index (χ0v) is 31.6. The Kier molecular flexibility index (Phi) is 13.1. The van der Waals surface area contributed by atoms with E-state index < -0.39 is 41.0 Å². The van der Waals surface area contributed by atoms with Crippen molar-refractivity contribution < 1.29 is 36.7 Å². The number of aromatic amines is 1. The number of benzene rings is 2. The highest BCUT2D eigenvalue weighted by atomic mass is 19.4. The van der Waals surface area contributed by atoms with E-state index in [9.17, 15) is 36.7 Å². The van der Waals surface area contributed by atoms with E-state index in [2.05, 4.69) is 25.9 Å². The maximum absolute atomic E-state index is 14.8. The molecule has 55 heavy (non-hydrogen) atoms. The average Bonchev–Trinajstić information content (AvgIpc) is 3.53. The Hall–Kier alpha value is -5.07. The minimum atomic E-state index is -4.62. The van der Waals surface area contributed by atoms with Crippen molar-refractivity contribution in [1.82, 2.24) is 20.6 Å². The van der Waals surface area contributed by atoms with Crippen molar-refractivity contribution in [2.24, 2.45) is 23.7 Å². The lowest BCUT2D eigenvalue weighted by Crippen LogP contribution is -2.60. The Morgan fingerprint density at radius 3 is 2.31 bits per heavy atom. The molecule has 4 aromatic rings. The molecule has 0 aliphatic heterocycles. The molecule has 5 rings (SSSR count).